The highest BCUT2D eigenvalue weighted by Crippen LogP contribution is 2.31. The van der Waals surface area contributed by atoms with Crippen LogP contribution in [-0.2, 0) is 17.2 Å². The van der Waals surface area contributed by atoms with Crippen LogP contribution >= 0.6 is 11.6 Å². The Labute approximate surface area is 129 Å². The molecule has 4 heteroatoms. The molecule has 0 aliphatic heterocycles. The molecular weight excluding hydrogens is 291 g/mol. The quantitative estimate of drug-likeness (QED) is 0.715. The van der Waals surface area contributed by atoms with Crippen LogP contribution < -0.4 is 4.74 Å². The number of methoxy groups -OCH3 is 1. The molecule has 0 heterocycles. The first-order valence-electron chi connectivity index (χ1n) is 6.79. The molecule has 0 fully saturated rings. The van der Waals surface area contributed by atoms with E-state index in [1.807, 2.05) is 25.1 Å². The summed E-state index contributed by atoms with van der Waals surface area (Å²) in [5, 5.41) is 0. The summed E-state index contributed by atoms with van der Waals surface area (Å²) >= 11 is 5.88. The summed E-state index contributed by atoms with van der Waals surface area (Å²) in [4.78, 5) is 0. The van der Waals surface area contributed by atoms with E-state index in [0.29, 0.717) is 30.4 Å². The number of alkyl halides is 1. The lowest BCUT2D eigenvalue weighted by Gasteiger charge is -2.13. The number of halogens is 2. The number of hydrogen-bond acceptors (Lipinski definition) is 2. The Morgan fingerprint density at radius 3 is 2.57 bits per heavy atom. The highest BCUT2D eigenvalue weighted by molar-refractivity contribution is 6.17. The molecule has 2 aromatic carbocycles. The van der Waals surface area contributed by atoms with Crippen molar-refractivity contribution in [2.24, 2.45) is 0 Å². The van der Waals surface area contributed by atoms with Crippen LogP contribution in [0.4, 0.5) is 4.39 Å². The molecule has 0 unspecified atom stereocenters. The van der Waals surface area contributed by atoms with E-state index in [1.165, 1.54) is 6.07 Å². The minimum Gasteiger partial charge on any atom is -0.497 e. The molecule has 2 aromatic rings. The summed E-state index contributed by atoms with van der Waals surface area (Å²) in [5.74, 6) is 0.752. The maximum Gasteiger partial charge on any atom is 0.131 e. The van der Waals surface area contributed by atoms with Crippen LogP contribution in [0.5, 0.6) is 5.75 Å². The Bertz CT molecular complexity index is 614. The van der Waals surface area contributed by atoms with Gasteiger partial charge in [-0.15, -0.1) is 11.6 Å². The summed E-state index contributed by atoms with van der Waals surface area (Å²) in [7, 11) is 1.56. The largest absolute Gasteiger partial charge is 0.497 e. The lowest BCUT2D eigenvalue weighted by molar-refractivity contribution is 0.134. The predicted octanol–water partition coefficient (Wildman–Crippen LogP) is 4.78. The highest BCUT2D eigenvalue weighted by Gasteiger charge is 2.12. The standard InChI is InChI=1S/C17H18ClFO2/c1-3-21-11-13-8-12(10-18)4-6-15(13)16-9-14(20-2)5-7-17(16)19/h4-9H,3,10-11H2,1-2H3. The Kier molecular flexibility index (Phi) is 5.59. The first kappa shape index (κ1) is 15.8. The van der Waals surface area contributed by atoms with Gasteiger partial charge in [0.15, 0.2) is 0 Å². The van der Waals surface area contributed by atoms with Gasteiger partial charge in [-0.2, -0.15) is 0 Å². The van der Waals surface area contributed by atoms with Crippen LogP contribution in [0, 0.1) is 5.82 Å². The molecule has 0 bridgehead atoms. The van der Waals surface area contributed by atoms with E-state index in [-0.39, 0.29) is 5.82 Å². The second-order valence-electron chi connectivity index (χ2n) is 4.61. The number of rotatable bonds is 6. The predicted molar refractivity (Wildman–Crippen MR) is 83.3 cm³/mol. The molecule has 0 saturated carbocycles. The average Bonchev–Trinajstić information content (AvgIpc) is 2.53. The molecule has 21 heavy (non-hydrogen) atoms. The van der Waals surface area contributed by atoms with Crippen LogP contribution in [0.3, 0.4) is 0 Å². The van der Waals surface area contributed by atoms with Crippen molar-refractivity contribution in [3.63, 3.8) is 0 Å². The minimum atomic E-state index is -0.285. The topological polar surface area (TPSA) is 18.5 Å². The Morgan fingerprint density at radius 2 is 1.90 bits per heavy atom. The second kappa shape index (κ2) is 7.43. The van der Waals surface area contributed by atoms with E-state index in [2.05, 4.69) is 0 Å². The van der Waals surface area contributed by atoms with Crippen molar-refractivity contribution >= 4 is 11.6 Å². The maximum absolute atomic E-state index is 14.2. The Morgan fingerprint density at radius 1 is 1.10 bits per heavy atom. The van der Waals surface area contributed by atoms with Gasteiger partial charge in [-0.1, -0.05) is 18.2 Å². The van der Waals surface area contributed by atoms with Gasteiger partial charge in [-0.05, 0) is 41.8 Å². The van der Waals surface area contributed by atoms with Gasteiger partial charge in [0.2, 0.25) is 0 Å². The fourth-order valence-corrected chi connectivity index (χ4v) is 2.33. The van der Waals surface area contributed by atoms with Crippen LogP contribution in [0.2, 0.25) is 0 Å². The zero-order chi connectivity index (χ0) is 15.2. The van der Waals surface area contributed by atoms with Gasteiger partial charge in [0.25, 0.3) is 0 Å². The summed E-state index contributed by atoms with van der Waals surface area (Å²) in [6.45, 7) is 2.95. The summed E-state index contributed by atoms with van der Waals surface area (Å²) in [6.07, 6.45) is 0. The van der Waals surface area contributed by atoms with Gasteiger partial charge in [0.1, 0.15) is 11.6 Å². The molecule has 2 rings (SSSR count). The van der Waals surface area contributed by atoms with Crippen LogP contribution in [-0.4, -0.2) is 13.7 Å². The Balaban J connectivity index is 2.51. The molecule has 0 spiro atoms. The smallest absolute Gasteiger partial charge is 0.131 e. The lowest BCUT2D eigenvalue weighted by atomic mass is 9.97. The molecule has 2 nitrogen and oxygen atoms in total. The maximum atomic E-state index is 14.2. The molecular formula is C17H18ClFO2. The monoisotopic (exact) mass is 308 g/mol. The lowest BCUT2D eigenvalue weighted by Crippen LogP contribution is -1.98. The first-order chi connectivity index (χ1) is 10.2. The van der Waals surface area contributed by atoms with Gasteiger partial charge in [-0.3, -0.25) is 0 Å². The number of hydrogen-bond donors (Lipinski definition) is 0. The number of benzene rings is 2. The zero-order valence-corrected chi connectivity index (χ0v) is 12.9. The average molecular weight is 309 g/mol. The second-order valence-corrected chi connectivity index (χ2v) is 4.88. The molecule has 0 amide bonds. The van der Waals surface area contributed by atoms with Crippen LogP contribution in [0.1, 0.15) is 18.1 Å². The van der Waals surface area contributed by atoms with E-state index in [4.69, 9.17) is 21.1 Å². The van der Waals surface area contributed by atoms with Crippen molar-refractivity contribution in [2.75, 3.05) is 13.7 Å². The zero-order valence-electron chi connectivity index (χ0n) is 12.2. The third kappa shape index (κ3) is 3.74. The molecule has 0 saturated heterocycles. The van der Waals surface area contributed by atoms with Gasteiger partial charge < -0.3 is 9.47 Å². The fraction of sp³-hybridized carbons (Fsp3) is 0.294. The first-order valence-corrected chi connectivity index (χ1v) is 7.32. The Hall–Kier alpha value is -1.58. The van der Waals surface area contributed by atoms with E-state index in [1.54, 1.807) is 19.2 Å². The van der Waals surface area contributed by atoms with Crippen molar-refractivity contribution in [2.45, 2.75) is 19.4 Å². The third-order valence-corrected chi connectivity index (χ3v) is 3.56. The molecule has 0 aliphatic carbocycles. The normalized spacial score (nSPS) is 10.7. The van der Waals surface area contributed by atoms with Gasteiger partial charge in [0.05, 0.1) is 13.7 Å². The molecule has 0 N–H and O–H groups in total. The number of ether oxygens (including phenoxy) is 2. The summed E-state index contributed by atoms with van der Waals surface area (Å²) < 4.78 is 24.8. The molecule has 112 valence electrons. The highest BCUT2D eigenvalue weighted by atomic mass is 35.5. The summed E-state index contributed by atoms with van der Waals surface area (Å²) in [5.41, 5.74) is 3.21. The summed E-state index contributed by atoms with van der Waals surface area (Å²) in [6, 6.07) is 10.4. The van der Waals surface area contributed by atoms with Crippen LogP contribution in [0.25, 0.3) is 11.1 Å². The van der Waals surface area contributed by atoms with E-state index >= 15 is 0 Å². The van der Waals surface area contributed by atoms with Crippen molar-refractivity contribution < 1.29 is 13.9 Å². The van der Waals surface area contributed by atoms with Crippen molar-refractivity contribution in [1.82, 2.24) is 0 Å². The van der Waals surface area contributed by atoms with Crippen molar-refractivity contribution in [3.05, 3.63) is 53.3 Å². The molecule has 0 aromatic heterocycles. The van der Waals surface area contributed by atoms with E-state index < -0.39 is 0 Å². The van der Waals surface area contributed by atoms with Gasteiger partial charge >= 0.3 is 0 Å². The van der Waals surface area contributed by atoms with Crippen molar-refractivity contribution in [3.8, 4) is 16.9 Å². The fourth-order valence-electron chi connectivity index (χ4n) is 2.16. The molecule has 0 aliphatic rings. The van der Waals surface area contributed by atoms with Gasteiger partial charge in [0, 0.05) is 18.1 Å². The van der Waals surface area contributed by atoms with Crippen molar-refractivity contribution in [1.29, 1.82) is 0 Å². The van der Waals surface area contributed by atoms with E-state index in [9.17, 15) is 4.39 Å². The third-order valence-electron chi connectivity index (χ3n) is 3.25. The van der Waals surface area contributed by atoms with Gasteiger partial charge in [-0.25, -0.2) is 4.39 Å². The molecule has 0 atom stereocenters. The SMILES string of the molecule is CCOCc1cc(CCl)ccc1-c1cc(OC)ccc1F. The van der Waals surface area contributed by atoms with E-state index in [0.717, 1.165) is 16.7 Å². The van der Waals surface area contributed by atoms with Crippen LogP contribution in [0.15, 0.2) is 36.4 Å². The minimum absolute atomic E-state index is 0.285. The molecule has 0 radical (unpaired) electrons.